The van der Waals surface area contributed by atoms with E-state index in [1.807, 2.05) is 59.4 Å². The van der Waals surface area contributed by atoms with E-state index in [4.69, 9.17) is 4.74 Å². The van der Waals surface area contributed by atoms with E-state index in [1.54, 1.807) is 24.5 Å². The Morgan fingerprint density at radius 1 is 1.02 bits per heavy atom. The molecule has 0 unspecified atom stereocenters. The lowest BCUT2D eigenvalue weighted by Gasteiger charge is -2.41. The Morgan fingerprint density at radius 2 is 1.77 bits per heavy atom. The summed E-state index contributed by atoms with van der Waals surface area (Å²) in [4.78, 5) is 16.0. The monoisotopic (exact) mass is 539 g/mol. The number of phenolic OH excluding ortho intramolecular Hbond substituents is 1. The van der Waals surface area contributed by atoms with Gasteiger partial charge in [-0.25, -0.2) is 0 Å². The number of aromatic hydroxyl groups is 1. The van der Waals surface area contributed by atoms with E-state index in [9.17, 15) is 9.90 Å². The largest absolute Gasteiger partial charge is 0.507 e. The zero-order valence-corrected chi connectivity index (χ0v) is 22.2. The van der Waals surface area contributed by atoms with Crippen LogP contribution in [0.4, 0.5) is 11.4 Å². The molecule has 4 heterocycles. The molecule has 10 nitrogen and oxygen atoms in total. The van der Waals surface area contributed by atoms with E-state index in [2.05, 4.69) is 30.8 Å². The summed E-state index contributed by atoms with van der Waals surface area (Å²) in [6, 6.07) is 18.8. The van der Waals surface area contributed by atoms with Gasteiger partial charge in [0.1, 0.15) is 11.5 Å². The van der Waals surface area contributed by atoms with Crippen LogP contribution in [0, 0.1) is 0 Å². The van der Waals surface area contributed by atoms with Crippen molar-refractivity contribution in [1.82, 2.24) is 25.3 Å². The molecular formula is C30H33N7O3. The van der Waals surface area contributed by atoms with Gasteiger partial charge in [0.25, 0.3) is 5.91 Å². The molecule has 2 aromatic heterocycles. The summed E-state index contributed by atoms with van der Waals surface area (Å²) >= 11 is 0. The minimum Gasteiger partial charge on any atom is -0.507 e. The van der Waals surface area contributed by atoms with Crippen molar-refractivity contribution in [2.24, 2.45) is 0 Å². The minimum absolute atomic E-state index is 0.156. The second-order valence-electron chi connectivity index (χ2n) is 10.4. The van der Waals surface area contributed by atoms with Crippen LogP contribution in [0.3, 0.4) is 0 Å². The van der Waals surface area contributed by atoms with Crippen molar-refractivity contribution >= 4 is 17.3 Å². The number of hydrogen-bond acceptors (Lipinski definition) is 8. The van der Waals surface area contributed by atoms with Gasteiger partial charge in [0, 0.05) is 37.7 Å². The summed E-state index contributed by atoms with van der Waals surface area (Å²) in [5.41, 5.74) is 1.73. The molecule has 4 aromatic rings. The number of benzene rings is 2. The summed E-state index contributed by atoms with van der Waals surface area (Å²) in [6.07, 6.45) is 8.33. The molecule has 2 aliphatic rings. The quantitative estimate of drug-likeness (QED) is 0.322. The molecule has 0 bridgehead atoms. The maximum atomic E-state index is 13.8. The van der Waals surface area contributed by atoms with Gasteiger partial charge in [0.05, 0.1) is 35.5 Å². The Hall–Kier alpha value is -4.44. The normalized spacial score (nSPS) is 17.4. The third kappa shape index (κ3) is 5.48. The van der Waals surface area contributed by atoms with Crippen molar-refractivity contribution in [3.63, 3.8) is 0 Å². The molecule has 0 radical (unpaired) electrons. The fourth-order valence-corrected chi connectivity index (χ4v) is 5.49. The zero-order chi connectivity index (χ0) is 27.4. The second-order valence-corrected chi connectivity index (χ2v) is 10.4. The molecule has 0 atom stereocenters. The van der Waals surface area contributed by atoms with Crippen LogP contribution in [0.25, 0.3) is 11.3 Å². The average Bonchev–Trinajstić information content (AvgIpc) is 3.47. The molecule has 206 valence electrons. The Bertz CT molecular complexity index is 1440. The van der Waals surface area contributed by atoms with Crippen LogP contribution in [0.5, 0.6) is 11.5 Å². The summed E-state index contributed by atoms with van der Waals surface area (Å²) in [5.74, 6) is 0.635. The van der Waals surface area contributed by atoms with Crippen LogP contribution in [0.15, 0.2) is 79.3 Å². The van der Waals surface area contributed by atoms with E-state index in [1.165, 1.54) is 0 Å². The van der Waals surface area contributed by atoms with Gasteiger partial charge in [-0.1, -0.05) is 30.3 Å². The third-order valence-corrected chi connectivity index (χ3v) is 7.77. The number of rotatable bonds is 7. The number of para-hydroxylation sites is 2. The highest BCUT2D eigenvalue weighted by Crippen LogP contribution is 2.34. The smallest absolute Gasteiger partial charge is 0.268 e. The highest BCUT2D eigenvalue weighted by Gasteiger charge is 2.44. The predicted molar refractivity (Wildman–Crippen MR) is 152 cm³/mol. The van der Waals surface area contributed by atoms with Gasteiger partial charge in [-0.3, -0.25) is 9.48 Å². The van der Waals surface area contributed by atoms with E-state index in [-0.39, 0.29) is 11.7 Å². The second kappa shape index (κ2) is 11.4. The number of hydrogen-bond donors (Lipinski definition) is 3. The van der Waals surface area contributed by atoms with Crippen molar-refractivity contribution < 1.29 is 14.6 Å². The molecule has 2 aliphatic heterocycles. The molecule has 0 spiro atoms. The standard InChI is InChI=1S/C30H33N7O3/c38-28-9-5-4-8-26(28)27-18-24(20-32-35-27)36-16-12-30(13-17-36,40-25-6-2-1-3-7-25)29(39)34-22-19-33-37(21-22)23-10-14-31-15-11-23/h1-9,18-21,23,31,38H,10-17H2,(H,34,39). The van der Waals surface area contributed by atoms with E-state index in [0.717, 1.165) is 31.6 Å². The van der Waals surface area contributed by atoms with Crippen LogP contribution in [-0.4, -0.2) is 62.8 Å². The van der Waals surface area contributed by atoms with Gasteiger partial charge < -0.3 is 25.4 Å². The van der Waals surface area contributed by atoms with Gasteiger partial charge in [0.2, 0.25) is 0 Å². The fourth-order valence-electron chi connectivity index (χ4n) is 5.49. The van der Waals surface area contributed by atoms with E-state index < -0.39 is 5.60 Å². The van der Waals surface area contributed by atoms with Crippen LogP contribution in [0.1, 0.15) is 31.7 Å². The third-order valence-electron chi connectivity index (χ3n) is 7.77. The van der Waals surface area contributed by atoms with Gasteiger partial charge >= 0.3 is 0 Å². The molecular weight excluding hydrogens is 506 g/mol. The highest BCUT2D eigenvalue weighted by atomic mass is 16.5. The Labute approximate surface area is 233 Å². The number of ether oxygens (including phenoxy) is 1. The van der Waals surface area contributed by atoms with Crippen molar-refractivity contribution in [3.05, 3.63) is 79.3 Å². The molecule has 2 saturated heterocycles. The molecule has 3 N–H and O–H groups in total. The first-order valence-corrected chi connectivity index (χ1v) is 13.8. The molecule has 6 rings (SSSR count). The molecule has 2 fully saturated rings. The summed E-state index contributed by atoms with van der Waals surface area (Å²) in [6.45, 7) is 3.11. The highest BCUT2D eigenvalue weighted by molar-refractivity contribution is 5.97. The molecule has 0 aliphatic carbocycles. The summed E-state index contributed by atoms with van der Waals surface area (Å²) in [5, 5.41) is 29.7. The van der Waals surface area contributed by atoms with Gasteiger partial charge in [0.15, 0.2) is 5.60 Å². The molecule has 0 saturated carbocycles. The Kier molecular flexibility index (Phi) is 7.33. The van der Waals surface area contributed by atoms with Crippen molar-refractivity contribution in [2.45, 2.75) is 37.3 Å². The van der Waals surface area contributed by atoms with Crippen LogP contribution in [0.2, 0.25) is 0 Å². The number of nitrogens with zero attached hydrogens (tertiary/aromatic N) is 5. The maximum absolute atomic E-state index is 13.8. The summed E-state index contributed by atoms with van der Waals surface area (Å²) in [7, 11) is 0. The van der Waals surface area contributed by atoms with Crippen LogP contribution in [-0.2, 0) is 4.79 Å². The van der Waals surface area contributed by atoms with Crippen molar-refractivity contribution in [1.29, 1.82) is 0 Å². The molecule has 2 aromatic carbocycles. The van der Waals surface area contributed by atoms with Crippen molar-refractivity contribution in [3.8, 4) is 22.8 Å². The molecule has 40 heavy (non-hydrogen) atoms. The Balaban J connectivity index is 1.20. The number of carbonyl (C=O) groups is 1. The fraction of sp³-hybridized carbons (Fsp3) is 0.333. The first kappa shape index (κ1) is 25.8. The number of phenols is 1. The van der Waals surface area contributed by atoms with E-state index in [0.29, 0.717) is 54.7 Å². The maximum Gasteiger partial charge on any atom is 0.268 e. The van der Waals surface area contributed by atoms with Gasteiger partial charge in [-0.2, -0.15) is 15.3 Å². The van der Waals surface area contributed by atoms with Crippen molar-refractivity contribution in [2.75, 3.05) is 36.4 Å². The molecule has 1 amide bonds. The number of carbonyl (C=O) groups excluding carboxylic acids is 1. The zero-order valence-electron chi connectivity index (χ0n) is 22.2. The lowest BCUT2D eigenvalue weighted by molar-refractivity contribution is -0.133. The first-order chi connectivity index (χ1) is 19.6. The SMILES string of the molecule is O=C(Nc1cnn(C2CCNCC2)c1)C1(Oc2ccccc2)CCN(c2cnnc(-c3ccccc3O)c2)CC1. The number of anilines is 2. The summed E-state index contributed by atoms with van der Waals surface area (Å²) < 4.78 is 8.42. The molecule has 10 heteroatoms. The first-order valence-electron chi connectivity index (χ1n) is 13.8. The number of piperidine rings is 2. The minimum atomic E-state index is -1.05. The lowest BCUT2D eigenvalue weighted by atomic mass is 9.89. The number of nitrogens with one attached hydrogen (secondary N) is 2. The Morgan fingerprint density at radius 3 is 2.55 bits per heavy atom. The van der Waals surface area contributed by atoms with Gasteiger partial charge in [-0.15, -0.1) is 0 Å². The topological polar surface area (TPSA) is 117 Å². The predicted octanol–water partition coefficient (Wildman–Crippen LogP) is 4.03. The van der Waals surface area contributed by atoms with E-state index >= 15 is 0 Å². The van der Waals surface area contributed by atoms with Crippen LogP contribution >= 0.6 is 0 Å². The average molecular weight is 540 g/mol. The van der Waals surface area contributed by atoms with Gasteiger partial charge in [-0.05, 0) is 56.3 Å². The lowest BCUT2D eigenvalue weighted by Crippen LogP contribution is -2.55. The number of aromatic nitrogens is 4. The van der Waals surface area contributed by atoms with Crippen LogP contribution < -0.4 is 20.3 Å². The number of amides is 1.